The third-order valence-electron chi connectivity index (χ3n) is 5.28. The molecule has 0 atom stereocenters. The number of rotatable bonds is 17. The lowest BCUT2D eigenvalue weighted by Crippen LogP contribution is -2.17. The molecule has 0 aliphatic rings. The van der Waals surface area contributed by atoms with Crippen molar-refractivity contribution in [1.29, 1.82) is 0 Å². The minimum absolute atomic E-state index is 0.0961. The Bertz CT molecular complexity index is 912. The van der Waals surface area contributed by atoms with Gasteiger partial charge in [0.15, 0.2) is 0 Å². The Hall–Kier alpha value is -3.68. The molecule has 0 bridgehead atoms. The number of hydrazone groups is 2. The van der Waals surface area contributed by atoms with Crippen molar-refractivity contribution in [3.05, 3.63) is 59.7 Å². The average Bonchev–Trinajstić information content (AvgIpc) is 2.88. The number of carbonyl (C=O) groups excluding carboxylic acids is 2. The van der Waals surface area contributed by atoms with E-state index in [9.17, 15) is 9.59 Å². The van der Waals surface area contributed by atoms with E-state index in [1.165, 1.54) is 0 Å². The topological polar surface area (TPSA) is 101 Å². The summed E-state index contributed by atoms with van der Waals surface area (Å²) >= 11 is 0. The molecule has 0 radical (unpaired) electrons. The summed E-state index contributed by atoms with van der Waals surface area (Å²) < 4.78 is 11.1. The van der Waals surface area contributed by atoms with E-state index in [0.717, 1.165) is 61.2 Å². The molecule has 0 aliphatic carbocycles. The second-order valence-corrected chi connectivity index (χ2v) is 8.15. The number of hydrogen-bond donors (Lipinski definition) is 2. The Morgan fingerprint density at radius 3 is 1.47 bits per heavy atom. The Kier molecular flexibility index (Phi) is 14.0. The van der Waals surface area contributed by atoms with Crippen molar-refractivity contribution in [2.75, 3.05) is 13.2 Å². The van der Waals surface area contributed by atoms with Crippen LogP contribution in [0.5, 0.6) is 11.5 Å². The maximum Gasteiger partial charge on any atom is 0.240 e. The number of nitrogens with one attached hydrogen (secondary N) is 2. The molecule has 0 spiro atoms. The van der Waals surface area contributed by atoms with E-state index in [2.05, 4.69) is 21.1 Å². The number of nitrogens with zero attached hydrogens (tertiary/aromatic N) is 2. The predicted molar refractivity (Wildman–Crippen MR) is 144 cm³/mol. The normalized spacial score (nSPS) is 11.1. The van der Waals surface area contributed by atoms with Gasteiger partial charge in [-0.25, -0.2) is 10.9 Å². The summed E-state index contributed by atoms with van der Waals surface area (Å²) in [6, 6.07) is 15.1. The van der Waals surface area contributed by atoms with Gasteiger partial charge in [-0.05, 0) is 51.0 Å². The highest BCUT2D eigenvalue weighted by molar-refractivity contribution is 5.85. The Morgan fingerprint density at radius 1 is 0.667 bits per heavy atom. The standard InChI is InChI=1S/C28H38N4O4/c1-3-35-25-17-13-11-15-23(25)21-29-31-27(33)19-9-7-5-6-8-10-20-28(34)32-30-22-24-16-12-14-18-26(24)36-4-2/h11-18,21-22H,3-10,19-20H2,1-2H3,(H,31,33)(H,32,34)/b29-21-,30-22-. The lowest BCUT2D eigenvalue weighted by Gasteiger charge is -2.06. The number of unbranched alkanes of at least 4 members (excludes halogenated alkanes) is 5. The molecule has 0 aliphatic heterocycles. The summed E-state index contributed by atoms with van der Waals surface area (Å²) in [6.07, 6.45) is 9.73. The van der Waals surface area contributed by atoms with Gasteiger partial charge in [-0.1, -0.05) is 49.9 Å². The van der Waals surface area contributed by atoms with Gasteiger partial charge in [-0.2, -0.15) is 10.2 Å². The van der Waals surface area contributed by atoms with Crippen LogP contribution < -0.4 is 20.3 Å². The van der Waals surface area contributed by atoms with Crippen LogP contribution in [-0.4, -0.2) is 37.5 Å². The van der Waals surface area contributed by atoms with Crippen molar-refractivity contribution >= 4 is 24.2 Å². The molecule has 0 fully saturated rings. The lowest BCUT2D eigenvalue weighted by molar-refractivity contribution is -0.122. The lowest BCUT2D eigenvalue weighted by atomic mass is 10.1. The summed E-state index contributed by atoms with van der Waals surface area (Å²) in [5.74, 6) is 1.29. The fraction of sp³-hybridized carbons (Fsp3) is 0.429. The van der Waals surface area contributed by atoms with E-state index in [1.807, 2.05) is 62.4 Å². The molecule has 194 valence electrons. The summed E-state index contributed by atoms with van der Waals surface area (Å²) in [6.45, 7) is 5.00. The van der Waals surface area contributed by atoms with Crippen molar-refractivity contribution in [1.82, 2.24) is 10.9 Å². The van der Waals surface area contributed by atoms with Gasteiger partial charge >= 0.3 is 0 Å². The number of carbonyl (C=O) groups is 2. The summed E-state index contributed by atoms with van der Waals surface area (Å²) in [4.78, 5) is 23.9. The molecule has 2 aromatic carbocycles. The molecule has 0 heterocycles. The second-order valence-electron chi connectivity index (χ2n) is 8.15. The SMILES string of the molecule is CCOc1ccccc1/C=N\NC(=O)CCCCCCCCC(=O)N/N=C\c1ccccc1OCC. The molecule has 0 saturated carbocycles. The van der Waals surface area contributed by atoms with E-state index in [-0.39, 0.29) is 11.8 Å². The molecule has 36 heavy (non-hydrogen) atoms. The van der Waals surface area contributed by atoms with E-state index >= 15 is 0 Å². The van der Waals surface area contributed by atoms with Crippen molar-refractivity contribution < 1.29 is 19.1 Å². The Labute approximate surface area is 214 Å². The van der Waals surface area contributed by atoms with Crippen molar-refractivity contribution in [2.24, 2.45) is 10.2 Å². The molecular weight excluding hydrogens is 456 g/mol. The van der Waals surface area contributed by atoms with E-state index in [4.69, 9.17) is 9.47 Å². The zero-order chi connectivity index (χ0) is 25.8. The van der Waals surface area contributed by atoms with Gasteiger partial charge in [0.25, 0.3) is 0 Å². The first kappa shape index (κ1) is 28.6. The van der Waals surface area contributed by atoms with Crippen molar-refractivity contribution in [3.8, 4) is 11.5 Å². The van der Waals surface area contributed by atoms with Crippen LogP contribution in [0.3, 0.4) is 0 Å². The summed E-state index contributed by atoms with van der Waals surface area (Å²) in [5, 5.41) is 8.07. The first-order chi connectivity index (χ1) is 17.6. The van der Waals surface area contributed by atoms with Crippen LogP contribution in [0.4, 0.5) is 0 Å². The van der Waals surface area contributed by atoms with Gasteiger partial charge < -0.3 is 9.47 Å². The van der Waals surface area contributed by atoms with Crippen molar-refractivity contribution in [2.45, 2.75) is 65.2 Å². The molecule has 0 saturated heterocycles. The monoisotopic (exact) mass is 494 g/mol. The fourth-order valence-corrected chi connectivity index (χ4v) is 3.49. The molecule has 0 aromatic heterocycles. The highest BCUT2D eigenvalue weighted by atomic mass is 16.5. The number of benzene rings is 2. The van der Waals surface area contributed by atoms with E-state index in [1.54, 1.807) is 12.4 Å². The quantitative estimate of drug-likeness (QED) is 0.179. The third-order valence-corrected chi connectivity index (χ3v) is 5.28. The van der Waals surface area contributed by atoms with Crippen LogP contribution in [-0.2, 0) is 9.59 Å². The molecule has 2 rings (SSSR count). The van der Waals surface area contributed by atoms with Crippen molar-refractivity contribution in [3.63, 3.8) is 0 Å². The molecular formula is C28H38N4O4. The van der Waals surface area contributed by atoms with Crippen LogP contribution in [0.2, 0.25) is 0 Å². The van der Waals surface area contributed by atoms with Crippen LogP contribution in [0.15, 0.2) is 58.7 Å². The molecule has 0 unspecified atom stereocenters. The zero-order valence-corrected chi connectivity index (χ0v) is 21.4. The highest BCUT2D eigenvalue weighted by Gasteiger charge is 2.03. The van der Waals surface area contributed by atoms with Gasteiger partial charge in [0, 0.05) is 24.0 Å². The largest absolute Gasteiger partial charge is 0.493 e. The summed E-state index contributed by atoms with van der Waals surface area (Å²) in [5.41, 5.74) is 6.80. The maximum absolute atomic E-state index is 12.0. The summed E-state index contributed by atoms with van der Waals surface area (Å²) in [7, 11) is 0. The molecule has 2 aromatic rings. The van der Waals surface area contributed by atoms with Gasteiger partial charge in [-0.3, -0.25) is 9.59 Å². The minimum atomic E-state index is -0.0961. The molecule has 2 N–H and O–H groups in total. The minimum Gasteiger partial charge on any atom is -0.493 e. The number of amides is 2. The van der Waals surface area contributed by atoms with Crippen LogP contribution >= 0.6 is 0 Å². The van der Waals surface area contributed by atoms with Gasteiger partial charge in [-0.15, -0.1) is 0 Å². The van der Waals surface area contributed by atoms with Crippen LogP contribution in [0.25, 0.3) is 0 Å². The predicted octanol–water partition coefficient (Wildman–Crippen LogP) is 5.21. The van der Waals surface area contributed by atoms with E-state index in [0.29, 0.717) is 26.1 Å². The van der Waals surface area contributed by atoms with Gasteiger partial charge in [0.05, 0.1) is 25.6 Å². The fourth-order valence-electron chi connectivity index (χ4n) is 3.49. The number of ether oxygens (including phenoxy) is 2. The average molecular weight is 495 g/mol. The van der Waals surface area contributed by atoms with Gasteiger partial charge in [0.2, 0.25) is 11.8 Å². The smallest absolute Gasteiger partial charge is 0.240 e. The second kappa shape index (κ2) is 17.7. The Morgan fingerprint density at radius 2 is 1.06 bits per heavy atom. The Balaban J connectivity index is 1.50. The molecule has 8 nitrogen and oxygen atoms in total. The first-order valence-corrected chi connectivity index (χ1v) is 12.7. The zero-order valence-electron chi connectivity index (χ0n) is 21.4. The first-order valence-electron chi connectivity index (χ1n) is 12.7. The van der Waals surface area contributed by atoms with Crippen LogP contribution in [0, 0.1) is 0 Å². The number of hydrogen-bond acceptors (Lipinski definition) is 6. The molecule has 8 heteroatoms. The van der Waals surface area contributed by atoms with Crippen LogP contribution in [0.1, 0.15) is 76.3 Å². The number of para-hydroxylation sites is 2. The van der Waals surface area contributed by atoms with E-state index < -0.39 is 0 Å². The maximum atomic E-state index is 12.0. The highest BCUT2D eigenvalue weighted by Crippen LogP contribution is 2.16. The third kappa shape index (κ3) is 11.6. The molecule has 2 amide bonds. The van der Waals surface area contributed by atoms with Gasteiger partial charge in [0.1, 0.15) is 11.5 Å².